The van der Waals surface area contributed by atoms with Crippen molar-refractivity contribution in [2.24, 2.45) is 0 Å². The first-order chi connectivity index (χ1) is 8.19. The molecule has 0 spiro atoms. The molecule has 0 atom stereocenters. The van der Waals surface area contributed by atoms with Crippen LogP contribution in [0.25, 0.3) is 0 Å². The summed E-state index contributed by atoms with van der Waals surface area (Å²) in [5.74, 6) is 0. The highest BCUT2D eigenvalue weighted by Crippen LogP contribution is 2.24. The molecule has 1 aromatic carbocycles. The Labute approximate surface area is 121 Å². The lowest BCUT2D eigenvalue weighted by Gasteiger charge is -2.24. The molecule has 18 heavy (non-hydrogen) atoms. The summed E-state index contributed by atoms with van der Waals surface area (Å²) in [4.78, 5) is 13.3. The molecule has 0 fully saturated rings. The fourth-order valence-electron chi connectivity index (χ4n) is 1.32. The standard InChI is InChI=1S/C13H17BrClNO2/c1-13(2,3)18-12(17)16(4)8-9-5-6-11(15)10(14)7-9/h5-7H,8H2,1-4H3. The Morgan fingerprint density at radius 3 is 2.56 bits per heavy atom. The Kier molecular flexibility index (Phi) is 5.05. The number of ether oxygens (including phenoxy) is 1. The lowest BCUT2D eigenvalue weighted by atomic mass is 10.2. The fourth-order valence-corrected chi connectivity index (χ4v) is 1.86. The lowest BCUT2D eigenvalue weighted by Crippen LogP contribution is -2.33. The molecule has 0 aliphatic rings. The number of hydrogen-bond donors (Lipinski definition) is 0. The molecular weight excluding hydrogens is 318 g/mol. The summed E-state index contributed by atoms with van der Waals surface area (Å²) in [6.07, 6.45) is -0.339. The number of hydrogen-bond acceptors (Lipinski definition) is 2. The van der Waals surface area contributed by atoms with E-state index in [1.54, 1.807) is 13.1 Å². The van der Waals surface area contributed by atoms with Crippen LogP contribution >= 0.6 is 27.5 Å². The minimum atomic E-state index is -0.480. The smallest absolute Gasteiger partial charge is 0.410 e. The maximum Gasteiger partial charge on any atom is 0.410 e. The summed E-state index contributed by atoms with van der Waals surface area (Å²) in [6, 6.07) is 5.57. The van der Waals surface area contributed by atoms with Gasteiger partial charge >= 0.3 is 6.09 Å². The van der Waals surface area contributed by atoms with E-state index in [2.05, 4.69) is 15.9 Å². The average molecular weight is 335 g/mol. The summed E-state index contributed by atoms with van der Waals surface area (Å²) < 4.78 is 6.09. The second-order valence-corrected chi connectivity index (χ2v) is 6.35. The molecule has 3 nitrogen and oxygen atoms in total. The van der Waals surface area contributed by atoms with Crippen LogP contribution in [0.15, 0.2) is 22.7 Å². The van der Waals surface area contributed by atoms with Gasteiger partial charge < -0.3 is 9.64 Å². The van der Waals surface area contributed by atoms with Crippen LogP contribution < -0.4 is 0 Å². The number of amides is 1. The van der Waals surface area contributed by atoms with Gasteiger partial charge in [-0.25, -0.2) is 4.79 Å². The first-order valence-electron chi connectivity index (χ1n) is 5.57. The minimum Gasteiger partial charge on any atom is -0.444 e. The van der Waals surface area contributed by atoms with Gasteiger partial charge in [-0.15, -0.1) is 0 Å². The number of carbonyl (C=O) groups is 1. The van der Waals surface area contributed by atoms with Gasteiger partial charge in [0.05, 0.1) is 5.02 Å². The van der Waals surface area contributed by atoms with Crippen molar-refractivity contribution in [1.82, 2.24) is 4.90 Å². The third-order valence-corrected chi connectivity index (χ3v) is 3.32. The molecule has 0 saturated heterocycles. The Hall–Kier alpha value is -0.740. The van der Waals surface area contributed by atoms with Gasteiger partial charge in [-0.05, 0) is 54.4 Å². The maximum atomic E-state index is 11.8. The summed E-state index contributed by atoms with van der Waals surface area (Å²) in [6.45, 7) is 6.01. The average Bonchev–Trinajstić information content (AvgIpc) is 2.21. The molecule has 0 aliphatic heterocycles. The van der Waals surface area contributed by atoms with Gasteiger partial charge in [0.1, 0.15) is 5.60 Å². The second kappa shape index (κ2) is 5.93. The van der Waals surface area contributed by atoms with Crippen molar-refractivity contribution in [3.05, 3.63) is 33.3 Å². The van der Waals surface area contributed by atoms with E-state index in [0.717, 1.165) is 10.0 Å². The lowest BCUT2D eigenvalue weighted by molar-refractivity contribution is 0.0285. The van der Waals surface area contributed by atoms with Crippen molar-refractivity contribution in [3.8, 4) is 0 Å². The van der Waals surface area contributed by atoms with Crippen LogP contribution in [-0.2, 0) is 11.3 Å². The molecule has 0 unspecified atom stereocenters. The Morgan fingerprint density at radius 1 is 1.44 bits per heavy atom. The van der Waals surface area contributed by atoms with Gasteiger partial charge in [0.2, 0.25) is 0 Å². The topological polar surface area (TPSA) is 29.5 Å². The summed E-state index contributed by atoms with van der Waals surface area (Å²) in [5, 5.41) is 0.652. The molecule has 0 heterocycles. The van der Waals surface area contributed by atoms with Gasteiger partial charge in [-0.3, -0.25) is 0 Å². The molecule has 0 saturated carbocycles. The first kappa shape index (κ1) is 15.3. The van der Waals surface area contributed by atoms with Crippen LogP contribution in [0.5, 0.6) is 0 Å². The van der Waals surface area contributed by atoms with Gasteiger partial charge in [0.25, 0.3) is 0 Å². The van der Waals surface area contributed by atoms with Crippen molar-refractivity contribution in [2.45, 2.75) is 32.9 Å². The Bertz CT molecular complexity index is 443. The number of carbonyl (C=O) groups excluding carboxylic acids is 1. The highest BCUT2D eigenvalue weighted by Gasteiger charge is 2.19. The first-order valence-corrected chi connectivity index (χ1v) is 6.74. The van der Waals surface area contributed by atoms with Gasteiger partial charge in [0, 0.05) is 18.1 Å². The predicted octanol–water partition coefficient (Wildman–Crippen LogP) is 4.47. The van der Waals surface area contributed by atoms with Crippen molar-refractivity contribution in [3.63, 3.8) is 0 Å². The Balaban J connectivity index is 2.66. The highest BCUT2D eigenvalue weighted by atomic mass is 79.9. The quantitative estimate of drug-likeness (QED) is 0.798. The van der Waals surface area contributed by atoms with E-state index in [1.807, 2.05) is 32.9 Å². The maximum absolute atomic E-state index is 11.8. The summed E-state index contributed by atoms with van der Waals surface area (Å²) >= 11 is 9.27. The van der Waals surface area contributed by atoms with Crippen molar-refractivity contribution in [2.75, 3.05) is 7.05 Å². The molecule has 5 heteroatoms. The molecule has 1 aromatic rings. The predicted molar refractivity (Wildman–Crippen MR) is 76.9 cm³/mol. The molecule has 100 valence electrons. The molecule has 0 aliphatic carbocycles. The van der Waals surface area contributed by atoms with Gasteiger partial charge in [-0.2, -0.15) is 0 Å². The monoisotopic (exact) mass is 333 g/mol. The summed E-state index contributed by atoms with van der Waals surface area (Å²) in [7, 11) is 1.70. The third kappa shape index (κ3) is 4.86. The fraction of sp³-hybridized carbons (Fsp3) is 0.462. The van der Waals surface area contributed by atoms with Gasteiger partial charge in [-0.1, -0.05) is 17.7 Å². The number of halogens is 2. The molecule has 0 radical (unpaired) electrons. The SMILES string of the molecule is CN(Cc1ccc(Cl)c(Br)c1)C(=O)OC(C)(C)C. The largest absolute Gasteiger partial charge is 0.444 e. The minimum absolute atomic E-state index is 0.339. The van der Waals surface area contributed by atoms with E-state index in [1.165, 1.54) is 4.90 Å². The van der Waals surface area contributed by atoms with Gasteiger partial charge in [0.15, 0.2) is 0 Å². The van der Waals surface area contributed by atoms with Crippen LogP contribution in [0, 0.1) is 0 Å². The highest BCUT2D eigenvalue weighted by molar-refractivity contribution is 9.10. The number of rotatable bonds is 2. The van der Waals surface area contributed by atoms with E-state index < -0.39 is 5.60 Å². The van der Waals surface area contributed by atoms with Crippen LogP contribution in [0.4, 0.5) is 4.79 Å². The zero-order valence-electron chi connectivity index (χ0n) is 11.0. The van der Waals surface area contributed by atoms with E-state index in [4.69, 9.17) is 16.3 Å². The molecule has 0 N–H and O–H groups in total. The van der Waals surface area contributed by atoms with E-state index in [9.17, 15) is 4.79 Å². The van der Waals surface area contributed by atoms with Crippen LogP contribution in [0.2, 0.25) is 5.02 Å². The van der Waals surface area contributed by atoms with Crippen LogP contribution in [-0.4, -0.2) is 23.6 Å². The number of nitrogens with zero attached hydrogens (tertiary/aromatic N) is 1. The summed E-state index contributed by atoms with van der Waals surface area (Å²) in [5.41, 5.74) is 0.506. The molecular formula is C13H17BrClNO2. The Morgan fingerprint density at radius 2 is 2.06 bits per heavy atom. The zero-order valence-corrected chi connectivity index (χ0v) is 13.3. The third-order valence-electron chi connectivity index (χ3n) is 2.11. The van der Waals surface area contributed by atoms with E-state index in [0.29, 0.717) is 11.6 Å². The van der Waals surface area contributed by atoms with E-state index >= 15 is 0 Å². The number of benzene rings is 1. The molecule has 0 bridgehead atoms. The van der Waals surface area contributed by atoms with E-state index in [-0.39, 0.29) is 6.09 Å². The molecule has 0 aromatic heterocycles. The van der Waals surface area contributed by atoms with Crippen LogP contribution in [0.3, 0.4) is 0 Å². The second-order valence-electron chi connectivity index (χ2n) is 5.08. The van der Waals surface area contributed by atoms with Crippen molar-refractivity contribution >= 4 is 33.6 Å². The van der Waals surface area contributed by atoms with Crippen molar-refractivity contribution < 1.29 is 9.53 Å². The zero-order chi connectivity index (χ0) is 13.9. The normalized spacial score (nSPS) is 11.2. The van der Waals surface area contributed by atoms with Crippen LogP contribution in [0.1, 0.15) is 26.3 Å². The molecule has 1 rings (SSSR count). The molecule has 1 amide bonds. The van der Waals surface area contributed by atoms with Crippen molar-refractivity contribution in [1.29, 1.82) is 0 Å².